The zero-order chi connectivity index (χ0) is 13.8. The molecule has 1 amide bonds. The predicted octanol–water partition coefficient (Wildman–Crippen LogP) is 1.25. The summed E-state index contributed by atoms with van der Waals surface area (Å²) in [5.41, 5.74) is 4.77. The van der Waals surface area contributed by atoms with E-state index in [0.29, 0.717) is 12.3 Å². The van der Waals surface area contributed by atoms with Gasteiger partial charge < -0.3 is 15.6 Å². The fourth-order valence-electron chi connectivity index (χ4n) is 1.98. The first-order valence-electron chi connectivity index (χ1n) is 6.40. The summed E-state index contributed by atoms with van der Waals surface area (Å²) in [5, 5.41) is 3.00. The molecule has 1 unspecified atom stereocenters. The average Bonchev–Trinajstić information content (AvgIpc) is 2.77. The first kappa shape index (κ1) is 14.7. The van der Waals surface area contributed by atoms with Gasteiger partial charge in [0.15, 0.2) is 0 Å². The molecule has 1 rings (SSSR count). The van der Waals surface area contributed by atoms with E-state index in [1.807, 2.05) is 19.3 Å². The third kappa shape index (κ3) is 3.32. The standard InChI is InChI=1S/C13H24N4O/c1-10(2)11-16-7-9-17(11)8-5-6-13(3,15-4)12(14)18/h7,9-10,15H,5-6,8H2,1-4H3,(H2,14,18). The number of imidazole rings is 1. The number of aromatic nitrogens is 2. The minimum atomic E-state index is -0.626. The summed E-state index contributed by atoms with van der Waals surface area (Å²) < 4.78 is 2.14. The molecular formula is C13H24N4O. The lowest BCUT2D eigenvalue weighted by atomic mass is 9.95. The van der Waals surface area contributed by atoms with E-state index in [1.165, 1.54) is 0 Å². The van der Waals surface area contributed by atoms with Crippen LogP contribution in [0.15, 0.2) is 12.4 Å². The van der Waals surface area contributed by atoms with E-state index in [0.717, 1.165) is 18.8 Å². The minimum absolute atomic E-state index is 0.306. The maximum atomic E-state index is 11.4. The smallest absolute Gasteiger partial charge is 0.237 e. The van der Waals surface area contributed by atoms with Crippen molar-refractivity contribution in [2.75, 3.05) is 7.05 Å². The van der Waals surface area contributed by atoms with E-state index in [2.05, 4.69) is 28.7 Å². The van der Waals surface area contributed by atoms with Gasteiger partial charge in [-0.2, -0.15) is 0 Å². The Balaban J connectivity index is 2.56. The van der Waals surface area contributed by atoms with Crippen molar-refractivity contribution in [3.8, 4) is 0 Å². The summed E-state index contributed by atoms with van der Waals surface area (Å²) in [6.07, 6.45) is 5.40. The van der Waals surface area contributed by atoms with Crippen molar-refractivity contribution in [1.29, 1.82) is 0 Å². The molecule has 1 heterocycles. The Kier molecular flexibility index (Phi) is 4.90. The molecule has 0 fully saturated rings. The molecule has 0 aliphatic carbocycles. The van der Waals surface area contributed by atoms with E-state index < -0.39 is 5.54 Å². The van der Waals surface area contributed by atoms with Crippen molar-refractivity contribution in [2.45, 2.75) is 51.6 Å². The number of carbonyl (C=O) groups excluding carboxylic acids is 1. The summed E-state index contributed by atoms with van der Waals surface area (Å²) in [4.78, 5) is 15.7. The van der Waals surface area contributed by atoms with Gasteiger partial charge >= 0.3 is 0 Å². The van der Waals surface area contributed by atoms with Gasteiger partial charge in [-0.15, -0.1) is 0 Å². The van der Waals surface area contributed by atoms with Crippen LogP contribution in [0.3, 0.4) is 0 Å². The Morgan fingerprint density at radius 1 is 1.61 bits per heavy atom. The van der Waals surface area contributed by atoms with Crippen molar-refractivity contribution in [1.82, 2.24) is 14.9 Å². The number of hydrogen-bond acceptors (Lipinski definition) is 3. The monoisotopic (exact) mass is 252 g/mol. The van der Waals surface area contributed by atoms with Crippen LogP contribution in [-0.4, -0.2) is 28.0 Å². The fourth-order valence-corrected chi connectivity index (χ4v) is 1.98. The van der Waals surface area contributed by atoms with Crippen molar-refractivity contribution in [3.63, 3.8) is 0 Å². The second-order valence-electron chi connectivity index (χ2n) is 5.18. The Morgan fingerprint density at radius 2 is 2.28 bits per heavy atom. The molecule has 0 radical (unpaired) electrons. The zero-order valence-electron chi connectivity index (χ0n) is 11.7. The molecule has 18 heavy (non-hydrogen) atoms. The Bertz CT molecular complexity index is 399. The largest absolute Gasteiger partial charge is 0.368 e. The highest BCUT2D eigenvalue weighted by atomic mass is 16.1. The number of amides is 1. The molecule has 0 saturated carbocycles. The van der Waals surface area contributed by atoms with Gasteiger partial charge in [0.2, 0.25) is 5.91 Å². The van der Waals surface area contributed by atoms with Crippen LogP contribution in [0.2, 0.25) is 0 Å². The summed E-state index contributed by atoms with van der Waals surface area (Å²) in [6.45, 7) is 6.95. The molecule has 102 valence electrons. The predicted molar refractivity (Wildman–Crippen MR) is 72.2 cm³/mol. The van der Waals surface area contributed by atoms with Crippen LogP contribution >= 0.6 is 0 Å². The van der Waals surface area contributed by atoms with E-state index >= 15 is 0 Å². The minimum Gasteiger partial charge on any atom is -0.368 e. The average molecular weight is 252 g/mol. The lowest BCUT2D eigenvalue weighted by Crippen LogP contribution is -2.51. The topological polar surface area (TPSA) is 72.9 Å². The third-order valence-corrected chi connectivity index (χ3v) is 3.44. The number of nitrogens with zero attached hydrogens (tertiary/aromatic N) is 2. The van der Waals surface area contributed by atoms with Crippen molar-refractivity contribution in [3.05, 3.63) is 18.2 Å². The molecule has 0 aliphatic rings. The van der Waals surface area contributed by atoms with Gasteiger partial charge in [0.25, 0.3) is 0 Å². The quantitative estimate of drug-likeness (QED) is 0.767. The second-order valence-corrected chi connectivity index (χ2v) is 5.18. The van der Waals surface area contributed by atoms with Crippen molar-refractivity contribution >= 4 is 5.91 Å². The summed E-state index contributed by atoms with van der Waals surface area (Å²) in [6, 6.07) is 0. The van der Waals surface area contributed by atoms with Crippen LogP contribution in [-0.2, 0) is 11.3 Å². The van der Waals surface area contributed by atoms with Crippen LogP contribution in [0.1, 0.15) is 45.4 Å². The van der Waals surface area contributed by atoms with E-state index in [9.17, 15) is 4.79 Å². The molecular weight excluding hydrogens is 228 g/mol. The Labute approximate surface area is 109 Å². The molecule has 0 spiro atoms. The van der Waals surface area contributed by atoms with Gasteiger partial charge in [-0.05, 0) is 26.8 Å². The lowest BCUT2D eigenvalue weighted by Gasteiger charge is -2.25. The second kappa shape index (κ2) is 6.00. The van der Waals surface area contributed by atoms with Crippen molar-refractivity contribution in [2.24, 2.45) is 5.73 Å². The Hall–Kier alpha value is -1.36. The van der Waals surface area contributed by atoms with E-state index in [4.69, 9.17) is 5.73 Å². The summed E-state index contributed by atoms with van der Waals surface area (Å²) in [7, 11) is 1.77. The van der Waals surface area contributed by atoms with Crippen LogP contribution in [0.5, 0.6) is 0 Å². The highest BCUT2D eigenvalue weighted by Gasteiger charge is 2.28. The first-order valence-corrected chi connectivity index (χ1v) is 6.40. The maximum absolute atomic E-state index is 11.4. The van der Waals surface area contributed by atoms with Crippen molar-refractivity contribution < 1.29 is 4.79 Å². The number of aryl methyl sites for hydroxylation is 1. The van der Waals surface area contributed by atoms with E-state index in [1.54, 1.807) is 7.05 Å². The number of hydrogen-bond donors (Lipinski definition) is 2. The summed E-state index contributed by atoms with van der Waals surface area (Å²) in [5.74, 6) is 1.19. The van der Waals surface area contributed by atoms with Gasteiger partial charge in [-0.25, -0.2) is 4.98 Å². The molecule has 0 bridgehead atoms. The van der Waals surface area contributed by atoms with Gasteiger partial charge in [-0.3, -0.25) is 4.79 Å². The van der Waals surface area contributed by atoms with Crippen LogP contribution in [0, 0.1) is 0 Å². The van der Waals surface area contributed by atoms with Crippen LogP contribution in [0.25, 0.3) is 0 Å². The van der Waals surface area contributed by atoms with Crippen LogP contribution < -0.4 is 11.1 Å². The first-order chi connectivity index (χ1) is 8.40. The molecule has 0 aromatic carbocycles. The molecule has 1 atom stereocenters. The lowest BCUT2D eigenvalue weighted by molar-refractivity contribution is -0.123. The maximum Gasteiger partial charge on any atom is 0.237 e. The molecule has 1 aromatic rings. The highest BCUT2D eigenvalue weighted by molar-refractivity contribution is 5.84. The number of likely N-dealkylation sites (N-methyl/N-ethyl adjacent to an activating group) is 1. The number of primary amides is 1. The van der Waals surface area contributed by atoms with E-state index in [-0.39, 0.29) is 5.91 Å². The number of rotatable bonds is 7. The fraction of sp³-hybridized carbons (Fsp3) is 0.692. The van der Waals surface area contributed by atoms with Crippen LogP contribution in [0.4, 0.5) is 0 Å². The van der Waals surface area contributed by atoms with Gasteiger partial charge in [-0.1, -0.05) is 13.8 Å². The molecule has 3 N–H and O–H groups in total. The zero-order valence-corrected chi connectivity index (χ0v) is 11.7. The van der Waals surface area contributed by atoms with Gasteiger partial charge in [0, 0.05) is 24.9 Å². The van der Waals surface area contributed by atoms with Gasteiger partial charge in [0.1, 0.15) is 5.82 Å². The molecule has 1 aromatic heterocycles. The van der Waals surface area contributed by atoms with Gasteiger partial charge in [0.05, 0.1) is 5.54 Å². The Morgan fingerprint density at radius 3 is 2.78 bits per heavy atom. The number of nitrogens with two attached hydrogens (primary N) is 1. The molecule has 5 nitrogen and oxygen atoms in total. The number of nitrogens with one attached hydrogen (secondary N) is 1. The SMILES string of the molecule is CNC(C)(CCCn1ccnc1C(C)C)C(N)=O. The molecule has 5 heteroatoms. The molecule has 0 saturated heterocycles. The summed E-state index contributed by atoms with van der Waals surface area (Å²) >= 11 is 0. The third-order valence-electron chi connectivity index (χ3n) is 3.44. The number of carbonyl (C=O) groups is 1. The normalized spacial score (nSPS) is 14.7. The molecule has 0 aliphatic heterocycles. The highest BCUT2D eigenvalue weighted by Crippen LogP contribution is 2.15.